The van der Waals surface area contributed by atoms with Crippen LogP contribution in [0.1, 0.15) is 37.1 Å². The topological polar surface area (TPSA) is 70.4 Å². The van der Waals surface area contributed by atoms with E-state index in [-0.39, 0.29) is 11.9 Å². The minimum absolute atomic E-state index is 0.0120. The summed E-state index contributed by atoms with van der Waals surface area (Å²) in [5, 5.41) is 10.5. The molecule has 0 spiro atoms. The van der Waals surface area contributed by atoms with Crippen LogP contribution < -0.4 is 10.6 Å². The lowest BCUT2D eigenvalue weighted by molar-refractivity contribution is -0.123. The molecule has 2 saturated heterocycles. The number of amides is 1. The summed E-state index contributed by atoms with van der Waals surface area (Å²) in [7, 11) is 0. The molecule has 2 aliphatic rings. The normalized spacial score (nSPS) is 23.6. The molecular weight excluding hydrogens is 360 g/mol. The van der Waals surface area contributed by atoms with Crippen molar-refractivity contribution < 1.29 is 9.21 Å². The average Bonchev–Trinajstić information content (AvgIpc) is 3.43. The van der Waals surface area contributed by atoms with Crippen LogP contribution >= 0.6 is 11.3 Å². The Morgan fingerprint density at radius 1 is 1.44 bits per heavy atom. The number of nitrogens with one attached hydrogen (secondary N) is 2. The van der Waals surface area contributed by atoms with Gasteiger partial charge in [-0.3, -0.25) is 9.69 Å². The molecule has 4 rings (SSSR count). The summed E-state index contributed by atoms with van der Waals surface area (Å²) in [6, 6.07) is 2.05. The SMILES string of the molecule is Cc1oc(-c2ccsc2)nc1CN1CCCC(CNC(=O)C2CCCN2)C1. The second-order valence-corrected chi connectivity index (χ2v) is 8.45. The van der Waals surface area contributed by atoms with Gasteiger partial charge in [0.1, 0.15) is 5.76 Å². The van der Waals surface area contributed by atoms with Gasteiger partial charge in [-0.05, 0) is 63.1 Å². The molecule has 2 aliphatic heterocycles. The summed E-state index contributed by atoms with van der Waals surface area (Å²) in [6.45, 7) is 6.61. The van der Waals surface area contributed by atoms with Crippen molar-refractivity contribution in [3.8, 4) is 11.5 Å². The summed E-state index contributed by atoms with van der Waals surface area (Å²) < 4.78 is 5.87. The van der Waals surface area contributed by atoms with Crippen molar-refractivity contribution in [2.45, 2.75) is 45.2 Å². The molecule has 2 atom stereocenters. The maximum absolute atomic E-state index is 12.2. The molecule has 2 aromatic heterocycles. The summed E-state index contributed by atoms with van der Waals surface area (Å²) >= 11 is 1.65. The van der Waals surface area contributed by atoms with Crippen LogP contribution in [0.4, 0.5) is 0 Å². The molecule has 0 aromatic carbocycles. The minimum Gasteiger partial charge on any atom is -0.441 e. The molecule has 0 bridgehead atoms. The maximum Gasteiger partial charge on any atom is 0.237 e. The van der Waals surface area contributed by atoms with E-state index in [0.29, 0.717) is 11.8 Å². The zero-order valence-electron chi connectivity index (χ0n) is 15.9. The first-order valence-electron chi connectivity index (χ1n) is 9.91. The van der Waals surface area contributed by atoms with Gasteiger partial charge in [0.15, 0.2) is 0 Å². The highest BCUT2D eigenvalue weighted by Gasteiger charge is 2.25. The van der Waals surface area contributed by atoms with Crippen LogP contribution in [0, 0.1) is 12.8 Å². The van der Waals surface area contributed by atoms with E-state index in [1.165, 1.54) is 6.42 Å². The number of aryl methyl sites for hydroxylation is 1. The lowest BCUT2D eigenvalue weighted by atomic mass is 9.97. The van der Waals surface area contributed by atoms with Crippen molar-refractivity contribution in [2.24, 2.45) is 5.92 Å². The Morgan fingerprint density at radius 3 is 3.15 bits per heavy atom. The third-order valence-corrected chi connectivity index (χ3v) is 6.26. The number of piperidine rings is 1. The first-order valence-corrected chi connectivity index (χ1v) is 10.9. The fraction of sp³-hybridized carbons (Fsp3) is 0.600. The first-order chi connectivity index (χ1) is 13.2. The van der Waals surface area contributed by atoms with Gasteiger partial charge in [-0.15, -0.1) is 0 Å². The van der Waals surface area contributed by atoms with E-state index >= 15 is 0 Å². The van der Waals surface area contributed by atoms with Crippen molar-refractivity contribution >= 4 is 17.2 Å². The third kappa shape index (κ3) is 4.59. The third-order valence-electron chi connectivity index (χ3n) is 5.58. The quantitative estimate of drug-likeness (QED) is 0.796. The van der Waals surface area contributed by atoms with E-state index in [2.05, 4.69) is 20.9 Å². The summed E-state index contributed by atoms with van der Waals surface area (Å²) in [5.74, 6) is 2.29. The van der Waals surface area contributed by atoms with Gasteiger partial charge in [0, 0.05) is 30.6 Å². The molecule has 0 saturated carbocycles. The lowest BCUT2D eigenvalue weighted by Gasteiger charge is -2.32. The van der Waals surface area contributed by atoms with Gasteiger partial charge in [-0.2, -0.15) is 11.3 Å². The number of carbonyl (C=O) groups excluding carboxylic acids is 1. The number of carbonyl (C=O) groups is 1. The van der Waals surface area contributed by atoms with Gasteiger partial charge < -0.3 is 15.1 Å². The molecule has 6 nitrogen and oxygen atoms in total. The summed E-state index contributed by atoms with van der Waals surface area (Å²) in [5.41, 5.74) is 2.07. The molecule has 4 heterocycles. The molecule has 2 fully saturated rings. The van der Waals surface area contributed by atoms with Crippen LogP contribution in [0.25, 0.3) is 11.5 Å². The van der Waals surface area contributed by atoms with Crippen LogP contribution in [0.3, 0.4) is 0 Å². The Bertz CT molecular complexity index is 752. The van der Waals surface area contributed by atoms with Gasteiger partial charge in [0.05, 0.1) is 11.7 Å². The van der Waals surface area contributed by atoms with Crippen LogP contribution in [-0.4, -0.2) is 48.0 Å². The maximum atomic E-state index is 12.2. The molecule has 2 unspecified atom stereocenters. The number of nitrogens with zero attached hydrogens (tertiary/aromatic N) is 2. The summed E-state index contributed by atoms with van der Waals surface area (Å²) in [4.78, 5) is 19.4. The van der Waals surface area contributed by atoms with Gasteiger partial charge in [0.25, 0.3) is 0 Å². The fourth-order valence-electron chi connectivity index (χ4n) is 4.03. The van der Waals surface area contributed by atoms with E-state index in [0.717, 1.165) is 69.0 Å². The number of hydrogen-bond donors (Lipinski definition) is 2. The van der Waals surface area contributed by atoms with Crippen molar-refractivity contribution in [3.05, 3.63) is 28.3 Å². The highest BCUT2D eigenvalue weighted by Crippen LogP contribution is 2.25. The van der Waals surface area contributed by atoms with E-state index < -0.39 is 0 Å². The number of aromatic nitrogens is 1. The van der Waals surface area contributed by atoms with E-state index in [4.69, 9.17) is 9.40 Å². The monoisotopic (exact) mass is 388 g/mol. The average molecular weight is 389 g/mol. The molecular formula is C20H28N4O2S. The largest absolute Gasteiger partial charge is 0.441 e. The van der Waals surface area contributed by atoms with Gasteiger partial charge >= 0.3 is 0 Å². The molecule has 27 heavy (non-hydrogen) atoms. The second-order valence-electron chi connectivity index (χ2n) is 7.67. The molecule has 2 N–H and O–H groups in total. The van der Waals surface area contributed by atoms with Crippen LogP contribution in [-0.2, 0) is 11.3 Å². The van der Waals surface area contributed by atoms with Crippen molar-refractivity contribution in [1.82, 2.24) is 20.5 Å². The standard InChI is InChI=1S/C20H28N4O2S/c1-14-18(23-20(26-14)16-6-9-27-13-16)12-24-8-3-4-15(11-24)10-22-19(25)17-5-2-7-21-17/h6,9,13,15,17,21H,2-5,7-8,10-12H2,1H3,(H,22,25). The van der Waals surface area contributed by atoms with Crippen molar-refractivity contribution in [3.63, 3.8) is 0 Å². The highest BCUT2D eigenvalue weighted by molar-refractivity contribution is 7.08. The Hall–Kier alpha value is -1.70. The van der Waals surface area contributed by atoms with Crippen LogP contribution in [0.5, 0.6) is 0 Å². The summed E-state index contributed by atoms with van der Waals surface area (Å²) in [6.07, 6.45) is 4.39. The Balaban J connectivity index is 1.30. The van der Waals surface area contributed by atoms with Gasteiger partial charge in [-0.1, -0.05) is 0 Å². The first kappa shape index (κ1) is 18.7. The molecule has 0 radical (unpaired) electrons. The molecule has 2 aromatic rings. The predicted molar refractivity (Wildman–Crippen MR) is 107 cm³/mol. The number of hydrogen-bond acceptors (Lipinski definition) is 6. The van der Waals surface area contributed by atoms with Gasteiger partial charge in [0.2, 0.25) is 11.8 Å². The smallest absolute Gasteiger partial charge is 0.237 e. The number of rotatable bonds is 6. The molecule has 0 aliphatic carbocycles. The second kappa shape index (κ2) is 8.54. The van der Waals surface area contributed by atoms with Crippen LogP contribution in [0.2, 0.25) is 0 Å². The minimum atomic E-state index is 0.0120. The van der Waals surface area contributed by atoms with E-state index in [9.17, 15) is 4.79 Å². The molecule has 1 amide bonds. The zero-order valence-corrected chi connectivity index (χ0v) is 16.7. The van der Waals surface area contributed by atoms with Crippen molar-refractivity contribution in [2.75, 3.05) is 26.2 Å². The highest BCUT2D eigenvalue weighted by atomic mass is 32.1. The van der Waals surface area contributed by atoms with Crippen LogP contribution in [0.15, 0.2) is 21.2 Å². The Labute approximate surface area is 164 Å². The predicted octanol–water partition coefficient (Wildman–Crippen LogP) is 2.79. The van der Waals surface area contributed by atoms with Gasteiger partial charge in [-0.25, -0.2) is 4.98 Å². The molecule has 7 heteroatoms. The number of likely N-dealkylation sites (tertiary alicyclic amines) is 1. The lowest BCUT2D eigenvalue weighted by Crippen LogP contribution is -2.45. The molecule has 146 valence electrons. The Kier molecular flexibility index (Phi) is 5.90. The van der Waals surface area contributed by atoms with E-state index in [1.807, 2.05) is 18.4 Å². The number of oxazole rings is 1. The zero-order chi connectivity index (χ0) is 18.6. The van der Waals surface area contributed by atoms with E-state index in [1.54, 1.807) is 11.3 Å². The fourth-order valence-corrected chi connectivity index (χ4v) is 4.66. The van der Waals surface area contributed by atoms with Crippen molar-refractivity contribution in [1.29, 1.82) is 0 Å². The number of thiophene rings is 1. The Morgan fingerprint density at radius 2 is 2.37 bits per heavy atom.